The molecule has 4 rings (SSSR count). The topological polar surface area (TPSA) is 63.7 Å². The third-order valence-corrected chi connectivity index (χ3v) is 5.71. The smallest absolute Gasteiger partial charge is 0.289 e. The van der Waals surface area contributed by atoms with Crippen LogP contribution in [0.25, 0.3) is 0 Å². The molecule has 0 spiro atoms. The van der Waals surface area contributed by atoms with Crippen molar-refractivity contribution < 1.29 is 13.9 Å². The molecule has 1 amide bonds. The van der Waals surface area contributed by atoms with Crippen LogP contribution in [0.3, 0.4) is 0 Å². The van der Waals surface area contributed by atoms with Crippen LogP contribution in [0.15, 0.2) is 47.0 Å². The lowest BCUT2D eigenvalue weighted by Crippen LogP contribution is -2.48. The van der Waals surface area contributed by atoms with E-state index in [2.05, 4.69) is 23.1 Å². The third-order valence-electron chi connectivity index (χ3n) is 5.48. The molecule has 0 saturated carbocycles. The molecule has 2 aromatic heterocycles. The summed E-state index contributed by atoms with van der Waals surface area (Å²) in [6, 6.07) is 10.7. The number of aromatic nitrogens is 2. The van der Waals surface area contributed by atoms with Crippen molar-refractivity contribution in [2.75, 3.05) is 26.2 Å². The number of carbonyl (C=O) groups excluding carboxylic acids is 1. The number of hydrogen-bond acceptors (Lipinski definition) is 5. The Balaban J connectivity index is 1.28. The Kier molecular flexibility index (Phi) is 6.63. The number of benzene rings is 1. The second-order valence-electron chi connectivity index (χ2n) is 7.68. The van der Waals surface area contributed by atoms with E-state index < -0.39 is 0 Å². The zero-order valence-corrected chi connectivity index (χ0v) is 18.6. The first-order valence-electron chi connectivity index (χ1n) is 10.5. The fraction of sp³-hybridized carbons (Fsp3) is 0.391. The molecule has 0 unspecified atom stereocenters. The quantitative estimate of drug-likeness (QED) is 0.553. The first-order valence-corrected chi connectivity index (χ1v) is 10.9. The van der Waals surface area contributed by atoms with Gasteiger partial charge in [0, 0.05) is 56.1 Å². The summed E-state index contributed by atoms with van der Waals surface area (Å²) in [5, 5.41) is 5.13. The first kappa shape index (κ1) is 21.5. The number of carbonyl (C=O) groups is 1. The van der Waals surface area contributed by atoms with Crippen LogP contribution in [-0.2, 0) is 19.7 Å². The van der Waals surface area contributed by atoms with Gasteiger partial charge in [0.15, 0.2) is 5.76 Å². The number of aryl methyl sites for hydroxylation is 2. The zero-order chi connectivity index (χ0) is 21.8. The van der Waals surface area contributed by atoms with E-state index in [1.165, 1.54) is 5.56 Å². The summed E-state index contributed by atoms with van der Waals surface area (Å²) in [5.74, 6) is 1.53. The lowest BCUT2D eigenvalue weighted by atomic mass is 10.2. The second kappa shape index (κ2) is 9.58. The van der Waals surface area contributed by atoms with Gasteiger partial charge in [0.2, 0.25) is 0 Å². The molecule has 1 fully saturated rings. The number of nitrogens with zero attached hydrogens (tertiary/aromatic N) is 4. The summed E-state index contributed by atoms with van der Waals surface area (Å²) in [6.45, 7) is 9.12. The van der Waals surface area contributed by atoms with Gasteiger partial charge in [0.1, 0.15) is 18.1 Å². The van der Waals surface area contributed by atoms with Crippen LogP contribution in [0, 0.1) is 6.92 Å². The highest BCUT2D eigenvalue weighted by Gasteiger charge is 2.25. The highest BCUT2D eigenvalue weighted by Crippen LogP contribution is 2.20. The van der Waals surface area contributed by atoms with Crippen LogP contribution in [0.2, 0.25) is 5.02 Å². The zero-order valence-electron chi connectivity index (χ0n) is 17.9. The van der Waals surface area contributed by atoms with Crippen molar-refractivity contribution in [2.45, 2.75) is 33.5 Å². The molecule has 3 heterocycles. The fourth-order valence-electron chi connectivity index (χ4n) is 3.66. The Bertz CT molecular complexity index is 1040. The van der Waals surface area contributed by atoms with Gasteiger partial charge < -0.3 is 14.1 Å². The predicted molar refractivity (Wildman–Crippen MR) is 118 cm³/mol. The molecule has 3 aromatic rings. The largest absolute Gasteiger partial charge is 0.486 e. The molecule has 0 N–H and O–H groups in total. The number of rotatable bonds is 7. The van der Waals surface area contributed by atoms with Crippen LogP contribution in [0.1, 0.15) is 34.5 Å². The minimum Gasteiger partial charge on any atom is -0.486 e. The average Bonchev–Trinajstić information content (AvgIpc) is 3.39. The second-order valence-corrected chi connectivity index (χ2v) is 8.11. The maximum absolute atomic E-state index is 12.8. The van der Waals surface area contributed by atoms with Gasteiger partial charge in [-0.05, 0) is 44.2 Å². The van der Waals surface area contributed by atoms with E-state index in [1.54, 1.807) is 24.3 Å². The Labute approximate surface area is 187 Å². The van der Waals surface area contributed by atoms with Crippen molar-refractivity contribution in [1.82, 2.24) is 19.6 Å². The minimum atomic E-state index is -0.0800. The lowest BCUT2D eigenvalue weighted by Gasteiger charge is -2.34. The highest BCUT2D eigenvalue weighted by molar-refractivity contribution is 6.30. The van der Waals surface area contributed by atoms with Gasteiger partial charge in [0.05, 0.1) is 5.69 Å². The molecule has 1 aromatic carbocycles. The standard InChI is InChI=1S/C23H27ClN4O3/c1-3-28-15-18(17(2)25-28)14-26-9-11-27(12-10-26)23(29)22-8-7-21(31-22)16-30-20-6-4-5-19(24)13-20/h4-8,13,15H,3,9-12,14,16H2,1-2H3. The van der Waals surface area contributed by atoms with Crippen molar-refractivity contribution in [3.63, 3.8) is 0 Å². The molecule has 7 nitrogen and oxygen atoms in total. The van der Waals surface area contributed by atoms with Gasteiger partial charge in [-0.15, -0.1) is 0 Å². The number of hydrogen-bond donors (Lipinski definition) is 0. The molecule has 8 heteroatoms. The molecule has 0 radical (unpaired) electrons. The van der Waals surface area contributed by atoms with Gasteiger partial charge in [-0.25, -0.2) is 0 Å². The maximum Gasteiger partial charge on any atom is 0.289 e. The van der Waals surface area contributed by atoms with Crippen molar-refractivity contribution in [1.29, 1.82) is 0 Å². The van der Waals surface area contributed by atoms with E-state index in [9.17, 15) is 4.79 Å². The summed E-state index contributed by atoms with van der Waals surface area (Å²) in [6.07, 6.45) is 2.11. The lowest BCUT2D eigenvalue weighted by molar-refractivity contribution is 0.0594. The minimum absolute atomic E-state index is 0.0800. The number of halogens is 1. The fourth-order valence-corrected chi connectivity index (χ4v) is 3.84. The molecule has 0 bridgehead atoms. The van der Waals surface area contributed by atoms with Crippen LogP contribution in [0.4, 0.5) is 0 Å². The van der Waals surface area contributed by atoms with Gasteiger partial charge in [-0.1, -0.05) is 17.7 Å². The summed E-state index contributed by atoms with van der Waals surface area (Å²) in [4.78, 5) is 17.0. The molecule has 0 aliphatic carbocycles. The normalized spacial score (nSPS) is 14.7. The molecule has 0 atom stereocenters. The van der Waals surface area contributed by atoms with Crippen LogP contribution >= 0.6 is 11.6 Å². The predicted octanol–water partition coefficient (Wildman–Crippen LogP) is 3.99. The van der Waals surface area contributed by atoms with Crippen molar-refractivity contribution in [3.05, 3.63) is 70.4 Å². The SMILES string of the molecule is CCn1cc(CN2CCN(C(=O)c3ccc(COc4cccc(Cl)c4)o3)CC2)c(C)n1. The van der Waals surface area contributed by atoms with Crippen LogP contribution in [0.5, 0.6) is 5.75 Å². The maximum atomic E-state index is 12.8. The van der Waals surface area contributed by atoms with Gasteiger partial charge in [0.25, 0.3) is 5.91 Å². The van der Waals surface area contributed by atoms with E-state index in [1.807, 2.05) is 28.6 Å². The van der Waals surface area contributed by atoms with E-state index in [0.717, 1.165) is 31.9 Å². The molecule has 1 saturated heterocycles. The Hall–Kier alpha value is -2.77. The molecule has 31 heavy (non-hydrogen) atoms. The van der Waals surface area contributed by atoms with Crippen LogP contribution < -0.4 is 4.74 Å². The van der Waals surface area contributed by atoms with Gasteiger partial charge in [-0.2, -0.15) is 5.10 Å². The van der Waals surface area contributed by atoms with Crippen LogP contribution in [-0.4, -0.2) is 51.7 Å². The van der Waals surface area contributed by atoms with Gasteiger partial charge >= 0.3 is 0 Å². The molecular weight excluding hydrogens is 416 g/mol. The molecule has 164 valence electrons. The van der Waals surface area contributed by atoms with Crippen molar-refractivity contribution in [2.24, 2.45) is 0 Å². The van der Waals surface area contributed by atoms with E-state index >= 15 is 0 Å². The van der Waals surface area contributed by atoms with Crippen molar-refractivity contribution >= 4 is 17.5 Å². The summed E-state index contributed by atoms with van der Waals surface area (Å²) in [5.41, 5.74) is 2.32. The number of furan rings is 1. The molecule has 1 aliphatic rings. The Morgan fingerprint density at radius 1 is 1.19 bits per heavy atom. The third kappa shape index (κ3) is 5.29. The first-order chi connectivity index (χ1) is 15.0. The van der Waals surface area contributed by atoms with E-state index in [4.69, 9.17) is 20.8 Å². The Morgan fingerprint density at radius 3 is 2.71 bits per heavy atom. The average molecular weight is 443 g/mol. The summed E-state index contributed by atoms with van der Waals surface area (Å²) >= 11 is 5.97. The number of amides is 1. The Morgan fingerprint density at radius 2 is 2.00 bits per heavy atom. The molecule has 1 aliphatic heterocycles. The van der Waals surface area contributed by atoms with Gasteiger partial charge in [-0.3, -0.25) is 14.4 Å². The number of ether oxygens (including phenoxy) is 1. The summed E-state index contributed by atoms with van der Waals surface area (Å²) in [7, 11) is 0. The monoisotopic (exact) mass is 442 g/mol. The highest BCUT2D eigenvalue weighted by atomic mass is 35.5. The summed E-state index contributed by atoms with van der Waals surface area (Å²) < 4.78 is 13.4. The van der Waals surface area contributed by atoms with E-state index in [-0.39, 0.29) is 12.5 Å². The number of piperazine rings is 1. The molecular formula is C23H27ClN4O3. The van der Waals surface area contributed by atoms with Crippen molar-refractivity contribution in [3.8, 4) is 5.75 Å². The van der Waals surface area contributed by atoms with E-state index in [0.29, 0.717) is 35.4 Å².